The zero-order chi connectivity index (χ0) is 18.8. The van der Waals surface area contributed by atoms with Gasteiger partial charge in [0, 0.05) is 19.2 Å². The fourth-order valence-corrected chi connectivity index (χ4v) is 3.27. The lowest BCUT2D eigenvalue weighted by atomic mass is 10.2. The number of nitrogens with zero attached hydrogens (tertiary/aromatic N) is 3. The molecule has 1 amide bonds. The van der Waals surface area contributed by atoms with Crippen LogP contribution < -0.4 is 5.56 Å². The van der Waals surface area contributed by atoms with Gasteiger partial charge in [0.2, 0.25) is 0 Å². The lowest BCUT2D eigenvalue weighted by Crippen LogP contribution is -2.38. The van der Waals surface area contributed by atoms with Crippen molar-refractivity contribution >= 4 is 16.8 Å². The quantitative estimate of drug-likeness (QED) is 0.739. The SMILES string of the molecule is Cc1cc(C(=O)N(Cc2nc3ccccc3c(=O)[nH]2)CC2CCCO2)no1. The summed E-state index contributed by atoms with van der Waals surface area (Å²) in [7, 11) is 0. The number of aryl methyl sites for hydroxylation is 1. The van der Waals surface area contributed by atoms with Crippen molar-refractivity contribution in [2.45, 2.75) is 32.4 Å². The number of nitrogens with one attached hydrogen (secondary N) is 1. The van der Waals surface area contributed by atoms with Gasteiger partial charge < -0.3 is 19.1 Å². The van der Waals surface area contributed by atoms with Crippen LogP contribution in [-0.4, -0.2) is 45.2 Å². The van der Waals surface area contributed by atoms with E-state index >= 15 is 0 Å². The van der Waals surface area contributed by atoms with Crippen molar-refractivity contribution in [2.24, 2.45) is 0 Å². The number of aromatic nitrogens is 3. The summed E-state index contributed by atoms with van der Waals surface area (Å²) in [6, 6.07) is 8.71. The average Bonchev–Trinajstić information content (AvgIpc) is 3.32. The molecule has 3 aromatic rings. The first-order chi connectivity index (χ1) is 13.1. The Labute approximate surface area is 155 Å². The molecule has 8 heteroatoms. The van der Waals surface area contributed by atoms with Gasteiger partial charge in [-0.25, -0.2) is 4.98 Å². The molecule has 1 aromatic carbocycles. The summed E-state index contributed by atoms with van der Waals surface area (Å²) in [5, 5.41) is 4.34. The summed E-state index contributed by atoms with van der Waals surface area (Å²) in [5.74, 6) is 0.705. The molecule has 140 valence electrons. The van der Waals surface area contributed by atoms with Crippen LogP contribution in [0.25, 0.3) is 10.9 Å². The van der Waals surface area contributed by atoms with E-state index in [1.165, 1.54) is 0 Å². The smallest absolute Gasteiger partial charge is 0.276 e. The van der Waals surface area contributed by atoms with Crippen LogP contribution in [0, 0.1) is 6.92 Å². The van der Waals surface area contributed by atoms with Gasteiger partial charge in [0.05, 0.1) is 23.6 Å². The molecular formula is C19H20N4O4. The molecular weight excluding hydrogens is 348 g/mol. The third-order valence-corrected chi connectivity index (χ3v) is 4.58. The van der Waals surface area contributed by atoms with Crippen molar-refractivity contribution in [3.8, 4) is 0 Å². The van der Waals surface area contributed by atoms with E-state index in [4.69, 9.17) is 9.26 Å². The van der Waals surface area contributed by atoms with Crippen LogP contribution in [0.15, 0.2) is 39.6 Å². The van der Waals surface area contributed by atoms with Crippen LogP contribution >= 0.6 is 0 Å². The summed E-state index contributed by atoms with van der Waals surface area (Å²) in [6.07, 6.45) is 1.83. The van der Waals surface area contributed by atoms with Gasteiger partial charge in [-0.1, -0.05) is 17.3 Å². The van der Waals surface area contributed by atoms with Crippen LogP contribution in [0.4, 0.5) is 0 Å². The second kappa shape index (κ2) is 7.32. The van der Waals surface area contributed by atoms with E-state index in [9.17, 15) is 9.59 Å². The molecule has 2 aromatic heterocycles. The number of para-hydroxylation sites is 1. The second-order valence-electron chi connectivity index (χ2n) is 6.67. The third-order valence-electron chi connectivity index (χ3n) is 4.58. The fourth-order valence-electron chi connectivity index (χ4n) is 3.27. The highest BCUT2D eigenvalue weighted by Crippen LogP contribution is 2.17. The van der Waals surface area contributed by atoms with Crippen molar-refractivity contribution in [3.05, 3.63) is 58.0 Å². The first-order valence-electron chi connectivity index (χ1n) is 8.92. The molecule has 3 heterocycles. The molecule has 0 aliphatic carbocycles. The van der Waals surface area contributed by atoms with Crippen LogP contribution in [-0.2, 0) is 11.3 Å². The predicted octanol–water partition coefficient (Wildman–Crippen LogP) is 2.04. The Morgan fingerprint density at radius 3 is 2.96 bits per heavy atom. The Kier molecular flexibility index (Phi) is 4.72. The highest BCUT2D eigenvalue weighted by Gasteiger charge is 2.26. The Hall–Kier alpha value is -3.00. The average molecular weight is 368 g/mol. The van der Waals surface area contributed by atoms with E-state index in [2.05, 4.69) is 15.1 Å². The van der Waals surface area contributed by atoms with Crippen molar-refractivity contribution in [1.29, 1.82) is 0 Å². The number of H-pyrrole nitrogens is 1. The summed E-state index contributed by atoms with van der Waals surface area (Å²) in [4.78, 5) is 34.1. The van der Waals surface area contributed by atoms with Gasteiger partial charge >= 0.3 is 0 Å². The summed E-state index contributed by atoms with van der Waals surface area (Å²) in [5.41, 5.74) is 0.601. The van der Waals surface area contributed by atoms with E-state index in [0.717, 1.165) is 12.8 Å². The maximum absolute atomic E-state index is 12.9. The number of ether oxygens (including phenoxy) is 1. The second-order valence-corrected chi connectivity index (χ2v) is 6.67. The van der Waals surface area contributed by atoms with Gasteiger partial charge in [-0.3, -0.25) is 9.59 Å². The monoisotopic (exact) mass is 368 g/mol. The first-order valence-corrected chi connectivity index (χ1v) is 8.92. The van der Waals surface area contributed by atoms with Gasteiger partial charge in [0.1, 0.15) is 11.6 Å². The van der Waals surface area contributed by atoms with Gasteiger partial charge in [0.15, 0.2) is 5.69 Å². The molecule has 0 bridgehead atoms. The van der Waals surface area contributed by atoms with Crippen molar-refractivity contribution in [2.75, 3.05) is 13.2 Å². The normalized spacial score (nSPS) is 16.7. The van der Waals surface area contributed by atoms with Crippen molar-refractivity contribution in [1.82, 2.24) is 20.0 Å². The number of benzene rings is 1. The molecule has 1 aliphatic heterocycles. The Balaban J connectivity index is 1.63. The van der Waals surface area contributed by atoms with E-state index in [1.807, 2.05) is 6.07 Å². The zero-order valence-electron chi connectivity index (χ0n) is 15.0. The number of hydrogen-bond acceptors (Lipinski definition) is 6. The van der Waals surface area contributed by atoms with Crippen molar-refractivity contribution in [3.63, 3.8) is 0 Å². The number of hydrogen-bond donors (Lipinski definition) is 1. The molecule has 4 rings (SSSR count). The molecule has 0 spiro atoms. The lowest BCUT2D eigenvalue weighted by molar-refractivity contribution is 0.0493. The number of carbonyl (C=O) groups is 1. The molecule has 1 saturated heterocycles. The van der Waals surface area contributed by atoms with E-state index in [0.29, 0.717) is 35.6 Å². The van der Waals surface area contributed by atoms with E-state index in [1.54, 1.807) is 36.1 Å². The maximum atomic E-state index is 12.9. The minimum atomic E-state index is -0.279. The molecule has 27 heavy (non-hydrogen) atoms. The highest BCUT2D eigenvalue weighted by atomic mass is 16.5. The molecule has 8 nitrogen and oxygen atoms in total. The number of aromatic amines is 1. The summed E-state index contributed by atoms with van der Waals surface area (Å²) >= 11 is 0. The Morgan fingerprint density at radius 1 is 1.37 bits per heavy atom. The predicted molar refractivity (Wildman–Crippen MR) is 97.3 cm³/mol. The maximum Gasteiger partial charge on any atom is 0.276 e. The molecule has 1 fully saturated rings. The Bertz CT molecular complexity index is 1020. The van der Waals surface area contributed by atoms with Crippen LogP contribution in [0.5, 0.6) is 0 Å². The minimum Gasteiger partial charge on any atom is -0.376 e. The van der Waals surface area contributed by atoms with Gasteiger partial charge in [0.25, 0.3) is 11.5 Å². The van der Waals surface area contributed by atoms with Gasteiger partial charge in [-0.15, -0.1) is 0 Å². The number of rotatable bonds is 5. The third kappa shape index (κ3) is 3.75. The minimum absolute atomic E-state index is 0.0332. The summed E-state index contributed by atoms with van der Waals surface area (Å²) in [6.45, 7) is 2.99. The molecule has 0 radical (unpaired) electrons. The standard InChI is InChI=1S/C19H20N4O4/c1-12-9-16(22-27-12)19(25)23(10-13-5-4-8-26-13)11-17-20-15-7-3-2-6-14(15)18(24)21-17/h2-3,6-7,9,13H,4-5,8,10-11H2,1H3,(H,20,21,24). The molecule has 1 unspecified atom stereocenters. The number of fused-ring (bicyclic) bond motifs is 1. The highest BCUT2D eigenvalue weighted by molar-refractivity contribution is 5.92. The summed E-state index contributed by atoms with van der Waals surface area (Å²) < 4.78 is 10.7. The van der Waals surface area contributed by atoms with E-state index < -0.39 is 0 Å². The Morgan fingerprint density at radius 2 is 2.22 bits per heavy atom. The fraction of sp³-hybridized carbons (Fsp3) is 0.368. The molecule has 1 atom stereocenters. The van der Waals surface area contributed by atoms with Gasteiger partial charge in [-0.05, 0) is 31.9 Å². The van der Waals surface area contributed by atoms with E-state index in [-0.39, 0.29) is 29.8 Å². The van der Waals surface area contributed by atoms with Crippen molar-refractivity contribution < 1.29 is 14.1 Å². The van der Waals surface area contributed by atoms with Crippen LogP contribution in [0.2, 0.25) is 0 Å². The molecule has 1 N–H and O–H groups in total. The van der Waals surface area contributed by atoms with Crippen LogP contribution in [0.3, 0.4) is 0 Å². The number of amides is 1. The van der Waals surface area contributed by atoms with Gasteiger partial charge in [-0.2, -0.15) is 0 Å². The topological polar surface area (TPSA) is 101 Å². The largest absolute Gasteiger partial charge is 0.376 e. The lowest BCUT2D eigenvalue weighted by Gasteiger charge is -2.24. The van der Waals surface area contributed by atoms with Crippen LogP contribution in [0.1, 0.15) is 34.9 Å². The molecule has 1 aliphatic rings. The number of carbonyl (C=O) groups excluding carboxylic acids is 1. The zero-order valence-corrected chi connectivity index (χ0v) is 15.0. The first kappa shape index (κ1) is 17.4. The molecule has 0 saturated carbocycles.